The van der Waals surface area contributed by atoms with Crippen molar-refractivity contribution in [3.8, 4) is 11.4 Å². The fourth-order valence-corrected chi connectivity index (χ4v) is 3.57. The lowest BCUT2D eigenvalue weighted by Gasteiger charge is -2.20. The Morgan fingerprint density at radius 1 is 1.03 bits per heavy atom. The van der Waals surface area contributed by atoms with Crippen LogP contribution in [0.1, 0.15) is 33.4 Å². The zero-order chi connectivity index (χ0) is 25.8. The van der Waals surface area contributed by atoms with Crippen molar-refractivity contribution in [3.63, 3.8) is 0 Å². The van der Waals surface area contributed by atoms with Gasteiger partial charge in [0.25, 0.3) is 5.91 Å². The van der Waals surface area contributed by atoms with Crippen molar-refractivity contribution in [2.45, 2.75) is 33.1 Å². The van der Waals surface area contributed by atoms with E-state index in [1.165, 1.54) is 4.90 Å². The number of hydrogen-bond acceptors (Lipinski definition) is 4. The molecule has 0 spiro atoms. The molecule has 1 N–H and O–H groups in total. The van der Waals surface area contributed by atoms with Crippen LogP contribution in [-0.2, 0) is 15.0 Å². The van der Waals surface area contributed by atoms with Gasteiger partial charge in [0.05, 0.1) is 28.0 Å². The Morgan fingerprint density at radius 3 is 2.31 bits per heavy atom. The molecule has 35 heavy (non-hydrogen) atoms. The molecule has 1 heterocycles. The number of nitrogens with one attached hydrogen (secondary N) is 1. The van der Waals surface area contributed by atoms with E-state index in [1.54, 1.807) is 54.1 Å². The first-order valence-electron chi connectivity index (χ1n) is 11.0. The largest absolute Gasteiger partial charge is 0.484 e. The summed E-state index contributed by atoms with van der Waals surface area (Å²) in [4.78, 5) is 27.0. The van der Waals surface area contributed by atoms with Gasteiger partial charge in [-0.05, 0) is 49.4 Å². The molecule has 10 heteroatoms. The molecule has 0 saturated carbocycles. The highest BCUT2D eigenvalue weighted by Gasteiger charge is 2.23. The van der Waals surface area contributed by atoms with Crippen LogP contribution >= 0.6 is 34.8 Å². The van der Waals surface area contributed by atoms with Gasteiger partial charge in [-0.3, -0.25) is 9.59 Å². The Kier molecular flexibility index (Phi) is 8.70. The van der Waals surface area contributed by atoms with E-state index in [1.807, 2.05) is 26.8 Å². The molecule has 186 valence electrons. The zero-order valence-electron chi connectivity index (χ0n) is 19.9. The number of carbonyl (C=O) groups excluding carboxylic acids is 2. The number of anilines is 1. The number of benzene rings is 2. The summed E-state index contributed by atoms with van der Waals surface area (Å²) >= 11 is 18.1. The summed E-state index contributed by atoms with van der Waals surface area (Å²) < 4.78 is 7.12. The molecule has 2 aromatic carbocycles. The number of ether oxygens (including phenoxy) is 1. The molecule has 0 bridgehead atoms. The molecule has 1 aromatic heterocycles. The van der Waals surface area contributed by atoms with Gasteiger partial charge in [-0.1, -0.05) is 55.6 Å². The van der Waals surface area contributed by atoms with Crippen molar-refractivity contribution in [2.24, 2.45) is 0 Å². The van der Waals surface area contributed by atoms with Crippen molar-refractivity contribution >= 4 is 52.4 Å². The highest BCUT2D eigenvalue weighted by molar-refractivity contribution is 6.42. The van der Waals surface area contributed by atoms with Gasteiger partial charge in [0.2, 0.25) is 5.91 Å². The number of halogens is 3. The number of hydrogen-bond donors (Lipinski definition) is 1. The number of aromatic nitrogens is 2. The van der Waals surface area contributed by atoms with Crippen LogP contribution in [0.3, 0.4) is 0 Å². The van der Waals surface area contributed by atoms with Crippen molar-refractivity contribution < 1.29 is 14.3 Å². The van der Waals surface area contributed by atoms with Crippen LogP contribution in [0.25, 0.3) is 5.69 Å². The second kappa shape index (κ2) is 11.3. The Bertz CT molecular complexity index is 1200. The summed E-state index contributed by atoms with van der Waals surface area (Å²) in [6, 6.07) is 13.6. The molecule has 0 aliphatic heterocycles. The van der Waals surface area contributed by atoms with Gasteiger partial charge in [0.1, 0.15) is 11.6 Å². The fraction of sp³-hybridized carbons (Fsp3) is 0.320. The average molecular weight is 538 g/mol. The molecule has 0 aliphatic carbocycles. The lowest BCUT2D eigenvalue weighted by molar-refractivity contribution is -0.136. The second-order valence-corrected chi connectivity index (χ2v) is 10.1. The Labute approximate surface area is 219 Å². The van der Waals surface area contributed by atoms with E-state index in [2.05, 4.69) is 10.4 Å². The zero-order valence-corrected chi connectivity index (χ0v) is 22.2. The molecule has 2 amide bonds. The molecule has 0 radical (unpaired) electrons. The highest BCUT2D eigenvalue weighted by Crippen LogP contribution is 2.29. The smallest absolute Gasteiger partial charge is 0.260 e. The molecule has 7 nitrogen and oxygen atoms in total. The summed E-state index contributed by atoms with van der Waals surface area (Å²) in [5.74, 6) is 0.294. The summed E-state index contributed by atoms with van der Waals surface area (Å²) in [6.45, 7) is 7.88. The third-order valence-electron chi connectivity index (χ3n) is 5.14. The summed E-state index contributed by atoms with van der Waals surface area (Å²) in [5.41, 5.74) is 1.16. The van der Waals surface area contributed by atoms with E-state index in [4.69, 9.17) is 39.5 Å². The third-order valence-corrected chi connectivity index (χ3v) is 6.13. The number of likely N-dealkylation sites (N-methyl/N-ethyl adjacent to an activating group) is 1. The quantitative estimate of drug-likeness (QED) is 0.383. The van der Waals surface area contributed by atoms with Crippen molar-refractivity contribution in [3.05, 3.63) is 69.3 Å². The van der Waals surface area contributed by atoms with Crippen molar-refractivity contribution in [2.75, 3.05) is 25.0 Å². The minimum absolute atomic E-state index is 0.142. The number of amides is 2. The number of carbonyl (C=O) groups is 2. The van der Waals surface area contributed by atoms with Gasteiger partial charge in [0, 0.05) is 23.0 Å². The van der Waals surface area contributed by atoms with E-state index >= 15 is 0 Å². The first-order valence-corrected chi connectivity index (χ1v) is 12.1. The summed E-state index contributed by atoms with van der Waals surface area (Å²) in [7, 11) is 0. The average Bonchev–Trinajstić information content (AvgIpc) is 3.23. The SMILES string of the molecule is CCN(CC(=O)Nc1cc(C(C)(C)C)nn1-c1ccc(Cl)c(Cl)c1)C(=O)COc1ccc(Cl)cc1. The van der Waals surface area contributed by atoms with E-state index < -0.39 is 0 Å². The van der Waals surface area contributed by atoms with Gasteiger partial charge in [0.15, 0.2) is 6.61 Å². The summed E-state index contributed by atoms with van der Waals surface area (Å²) in [5, 5.41) is 8.91. The van der Waals surface area contributed by atoms with Gasteiger partial charge in [-0.25, -0.2) is 4.68 Å². The van der Waals surface area contributed by atoms with Gasteiger partial charge < -0.3 is 15.0 Å². The first kappa shape index (κ1) is 26.9. The maximum absolute atomic E-state index is 12.9. The topological polar surface area (TPSA) is 76.5 Å². The Hall–Kier alpha value is -2.74. The van der Waals surface area contributed by atoms with Crippen LogP contribution in [-0.4, -0.2) is 46.2 Å². The van der Waals surface area contributed by atoms with E-state index in [0.29, 0.717) is 38.9 Å². The van der Waals surface area contributed by atoms with E-state index in [-0.39, 0.29) is 30.4 Å². The van der Waals surface area contributed by atoms with Crippen molar-refractivity contribution in [1.29, 1.82) is 0 Å². The summed E-state index contributed by atoms with van der Waals surface area (Å²) in [6.07, 6.45) is 0. The fourth-order valence-electron chi connectivity index (χ4n) is 3.15. The van der Waals surface area contributed by atoms with E-state index in [0.717, 1.165) is 5.69 Å². The lowest BCUT2D eigenvalue weighted by Crippen LogP contribution is -2.40. The van der Waals surface area contributed by atoms with Gasteiger partial charge in [-0.2, -0.15) is 5.10 Å². The number of rotatable bonds is 8. The lowest BCUT2D eigenvalue weighted by atomic mass is 9.92. The molecular weight excluding hydrogens is 511 g/mol. The first-order chi connectivity index (χ1) is 16.5. The van der Waals surface area contributed by atoms with Crippen LogP contribution in [0.15, 0.2) is 48.5 Å². The van der Waals surface area contributed by atoms with Crippen LogP contribution < -0.4 is 10.1 Å². The third kappa shape index (κ3) is 7.13. The molecule has 3 aromatic rings. The molecule has 0 unspecified atom stereocenters. The van der Waals surface area contributed by atoms with Crippen LogP contribution in [0, 0.1) is 0 Å². The Balaban J connectivity index is 1.73. The van der Waals surface area contributed by atoms with E-state index in [9.17, 15) is 9.59 Å². The molecule has 0 atom stereocenters. The minimum atomic E-state index is -0.367. The molecule has 0 saturated heterocycles. The van der Waals surface area contributed by atoms with Crippen LogP contribution in [0.2, 0.25) is 15.1 Å². The number of nitrogens with zero attached hydrogens (tertiary/aromatic N) is 3. The molecule has 3 rings (SSSR count). The monoisotopic (exact) mass is 536 g/mol. The molecule has 0 fully saturated rings. The van der Waals surface area contributed by atoms with Gasteiger partial charge in [-0.15, -0.1) is 0 Å². The Morgan fingerprint density at radius 2 is 1.71 bits per heavy atom. The van der Waals surface area contributed by atoms with Gasteiger partial charge >= 0.3 is 0 Å². The standard InChI is InChI=1S/C25H27Cl3N4O3/c1-5-31(24(34)15-35-18-9-6-16(26)7-10-18)14-23(33)29-22-13-21(25(2,3)4)30-32(22)17-8-11-19(27)20(28)12-17/h6-13H,5,14-15H2,1-4H3,(H,29,33). The molecular formula is C25H27Cl3N4O3. The van der Waals surface area contributed by atoms with Crippen LogP contribution in [0.5, 0.6) is 5.75 Å². The van der Waals surface area contributed by atoms with Crippen molar-refractivity contribution in [1.82, 2.24) is 14.7 Å². The predicted molar refractivity (Wildman–Crippen MR) is 140 cm³/mol. The highest BCUT2D eigenvalue weighted by atomic mass is 35.5. The van der Waals surface area contributed by atoms with Crippen LogP contribution in [0.4, 0.5) is 5.82 Å². The maximum atomic E-state index is 12.9. The molecule has 0 aliphatic rings. The maximum Gasteiger partial charge on any atom is 0.260 e. The normalized spacial score (nSPS) is 11.3. The minimum Gasteiger partial charge on any atom is -0.484 e. The second-order valence-electron chi connectivity index (χ2n) is 8.87. The predicted octanol–water partition coefficient (Wildman–Crippen LogP) is 6.00.